The summed E-state index contributed by atoms with van der Waals surface area (Å²) in [6.07, 6.45) is 3.88. The molecule has 0 N–H and O–H groups in total. The van der Waals surface area contributed by atoms with Crippen LogP contribution in [0.3, 0.4) is 0 Å². The summed E-state index contributed by atoms with van der Waals surface area (Å²) in [6, 6.07) is 106. The Hall–Kier alpha value is -7.27. The number of hydrogen-bond acceptors (Lipinski definition) is 14. The third-order valence-electron chi connectivity index (χ3n) is 17.3. The number of benzene rings is 11. The van der Waals surface area contributed by atoms with E-state index in [2.05, 4.69) is 85.9 Å². The molecule has 4 saturated heterocycles. The van der Waals surface area contributed by atoms with Gasteiger partial charge in [0.25, 0.3) is 0 Å². The van der Waals surface area contributed by atoms with Gasteiger partial charge in [-0.15, -0.1) is 0 Å². The zero-order valence-electron chi connectivity index (χ0n) is 54.0. The summed E-state index contributed by atoms with van der Waals surface area (Å²) in [4.78, 5) is 0. The molecule has 490 valence electrons. The molecule has 0 aliphatic carbocycles. The molecule has 98 heavy (non-hydrogen) atoms. The Labute approximate surface area is 586 Å². The Morgan fingerprint density at radius 1 is 0.306 bits per heavy atom. The normalized spacial score (nSPS) is 28.9. The van der Waals surface area contributed by atoms with Crippen LogP contribution in [0.4, 0.5) is 0 Å². The van der Waals surface area contributed by atoms with Crippen LogP contribution in [-0.4, -0.2) is 105 Å². The molecule has 14 nitrogen and oxygen atoms in total. The van der Waals surface area contributed by atoms with Gasteiger partial charge in [0.1, 0.15) is 10.5 Å². The van der Waals surface area contributed by atoms with E-state index in [0.29, 0.717) is 36.3 Å². The highest BCUT2D eigenvalue weighted by Gasteiger charge is 2.76. The van der Waals surface area contributed by atoms with E-state index >= 15 is 0 Å². The molecule has 0 amide bonds. The molecule has 0 spiro atoms. The van der Waals surface area contributed by atoms with E-state index in [9.17, 15) is 0 Å². The maximum atomic E-state index is 8.89. The van der Waals surface area contributed by atoms with Crippen molar-refractivity contribution in [3.8, 4) is 0 Å². The van der Waals surface area contributed by atoms with Crippen LogP contribution in [-0.2, 0) is 57.9 Å². The molecule has 0 saturated carbocycles. The number of fused-ring (bicyclic) bond motifs is 6. The fourth-order valence-corrected chi connectivity index (χ4v) is 64.2. The van der Waals surface area contributed by atoms with Gasteiger partial charge in [0.2, 0.25) is 0 Å². The Bertz CT molecular complexity index is 4540. The molecule has 0 aromatic heterocycles. The van der Waals surface area contributed by atoms with E-state index in [0.717, 1.165) is 32.6 Å². The molecule has 25 heteroatoms. The molecule has 15 rings (SSSR count). The third kappa shape index (κ3) is 13.4. The van der Waals surface area contributed by atoms with Crippen molar-refractivity contribution in [3.05, 3.63) is 355 Å². The van der Waals surface area contributed by atoms with Crippen LogP contribution >= 0.6 is 0 Å². The lowest BCUT2D eigenvalue weighted by molar-refractivity contribution is 0.0926. The molecular formula is C73H70O14Si11. The van der Waals surface area contributed by atoms with Gasteiger partial charge in [-0.2, -0.15) is 0 Å². The SMILES string of the molecule is Cc1ccc(/C=C/[Si]2(c3ccccc3)O[SiH]3CO[Si]4(c5ccccc5)O[SiH](c5ccccc5)O[Si]5(c6ccccc6)O[Si](/C=C/c6ccc(C)cc6)(c6ccccc6)O[Si](c6ccccc6)(O4)O[Si](c4ccccc4)(O3)O[Si](c3ccccc3)(O[Si](O[SiH3])(c3ccccc3)O2)O5)cc1. The van der Waals surface area contributed by atoms with Crippen LogP contribution in [0.25, 0.3) is 12.2 Å². The van der Waals surface area contributed by atoms with Gasteiger partial charge in [0, 0.05) is 31.1 Å². The second-order valence-corrected chi connectivity index (χ2v) is 53.4. The lowest BCUT2D eigenvalue weighted by atomic mass is 10.2. The highest BCUT2D eigenvalue weighted by atomic mass is 28.6. The maximum Gasteiger partial charge on any atom is 0.521 e. The predicted octanol–water partition coefficient (Wildman–Crippen LogP) is 6.34. The van der Waals surface area contributed by atoms with E-state index in [-0.39, 0.29) is 16.7 Å². The van der Waals surface area contributed by atoms with Crippen molar-refractivity contribution in [2.24, 2.45) is 0 Å². The Morgan fingerprint density at radius 3 is 1.07 bits per heavy atom. The third-order valence-corrected chi connectivity index (χ3v) is 58.0. The van der Waals surface area contributed by atoms with E-state index in [1.54, 1.807) is 0 Å². The van der Waals surface area contributed by atoms with Gasteiger partial charge >= 0.3 is 88.5 Å². The highest BCUT2D eigenvalue weighted by molar-refractivity contribution is 7.10. The van der Waals surface area contributed by atoms with Gasteiger partial charge in [-0.25, -0.2) is 0 Å². The first-order valence-electron chi connectivity index (χ1n) is 32.5. The molecular weight excluding hydrogens is 1410 g/mol. The minimum Gasteiger partial charge on any atom is -0.422 e. The monoisotopic (exact) mass is 1480 g/mol. The standard InChI is InChI=1S/C73H70O14Si11/c1-61-48-52-63(53-49-61)56-58-91(66-32-14-4-15-33-66)76-89-60-74-93(68-36-18-6-19-37-68)78-90(65-30-12-3-13-31-65)79-96(71-42-24-9-25-43-71)81-92(67-34-16-5-17-35-67,59-57-64-54-50-62(2)51-55-64)82-97(83-93,72-44-26-10-27-45-72)85-95(77-89,70-40-22-8-23-41-70)86-98(87-96,73-46-28-11-29-47-73)84-94(75-88,80-91)69-38-20-7-21-39-69/h3-59,89-90H,60H2,1-2,88H3/b58-56+,59-57+. The molecule has 4 heterocycles. The van der Waals surface area contributed by atoms with Gasteiger partial charge in [0.05, 0.1) is 6.23 Å². The average Bonchev–Trinajstić information content (AvgIpc) is 1.02. The fourth-order valence-electron chi connectivity index (χ4n) is 12.4. The van der Waals surface area contributed by atoms with Crippen molar-refractivity contribution in [1.29, 1.82) is 0 Å². The van der Waals surface area contributed by atoms with Crippen LogP contribution in [0.2, 0.25) is 0 Å². The van der Waals surface area contributed by atoms with Gasteiger partial charge in [-0.1, -0.05) is 345 Å². The summed E-state index contributed by atoms with van der Waals surface area (Å²) in [5, 5.41) is 5.40. The molecule has 4 fully saturated rings. The first-order chi connectivity index (χ1) is 48.0. The molecule has 0 radical (unpaired) electrons. The highest BCUT2D eigenvalue weighted by Crippen LogP contribution is 2.41. The van der Waals surface area contributed by atoms with Crippen LogP contribution in [0.1, 0.15) is 22.3 Å². The smallest absolute Gasteiger partial charge is 0.422 e. The number of aryl methyl sites for hydroxylation is 2. The first kappa shape index (κ1) is 66.6. The number of hydrogen-bond donors (Lipinski definition) is 0. The summed E-state index contributed by atoms with van der Waals surface area (Å²) in [5.74, 6) is 0. The molecule has 4 aliphatic rings. The minimum atomic E-state index is -5.37. The van der Waals surface area contributed by atoms with Gasteiger partial charge in [0.15, 0.2) is 0 Å². The molecule has 6 bridgehead atoms. The molecule has 11 aromatic carbocycles. The topological polar surface area (TPSA) is 129 Å². The Morgan fingerprint density at radius 2 is 0.633 bits per heavy atom. The maximum absolute atomic E-state index is 8.89. The van der Waals surface area contributed by atoms with Gasteiger partial charge in [-0.05, 0) is 51.9 Å². The quantitative estimate of drug-likeness (QED) is 0.112. The summed E-state index contributed by atoms with van der Waals surface area (Å²) in [5.41, 5.74) is 8.11. The molecule has 4 aliphatic heterocycles. The van der Waals surface area contributed by atoms with Crippen molar-refractivity contribution in [1.82, 2.24) is 0 Å². The van der Waals surface area contributed by atoms with Crippen molar-refractivity contribution < 1.29 is 57.9 Å². The van der Waals surface area contributed by atoms with Crippen LogP contribution in [0, 0.1) is 13.8 Å². The summed E-state index contributed by atoms with van der Waals surface area (Å²) >= 11 is 0. The lowest BCUT2D eigenvalue weighted by Crippen LogP contribution is -2.86. The van der Waals surface area contributed by atoms with E-state index < -0.39 is 88.5 Å². The molecule has 11 aromatic rings. The Balaban J connectivity index is 1.18. The summed E-state index contributed by atoms with van der Waals surface area (Å²) < 4.78 is 119. The summed E-state index contributed by atoms with van der Waals surface area (Å²) in [6.45, 7) is 4.15. The zero-order valence-corrected chi connectivity index (χ0v) is 66.3. The van der Waals surface area contributed by atoms with E-state index in [1.807, 2.05) is 273 Å². The molecule has 10 atom stereocenters. The van der Waals surface area contributed by atoms with E-state index in [4.69, 9.17) is 57.9 Å². The van der Waals surface area contributed by atoms with Crippen molar-refractivity contribution in [2.75, 3.05) is 6.23 Å². The van der Waals surface area contributed by atoms with Crippen molar-refractivity contribution in [2.45, 2.75) is 13.8 Å². The van der Waals surface area contributed by atoms with Crippen LogP contribution < -0.4 is 46.7 Å². The molecule has 10 unspecified atom stereocenters. The van der Waals surface area contributed by atoms with Crippen molar-refractivity contribution >= 4 is 158 Å². The summed E-state index contributed by atoms with van der Waals surface area (Å²) in [7, 11) is -47.4. The minimum absolute atomic E-state index is 0.0612. The van der Waals surface area contributed by atoms with Crippen LogP contribution in [0.15, 0.2) is 333 Å². The van der Waals surface area contributed by atoms with Gasteiger partial charge < -0.3 is 57.9 Å². The predicted molar refractivity (Wildman–Crippen MR) is 405 cm³/mol. The average molecular weight is 1480 g/mol. The second-order valence-electron chi connectivity index (χ2n) is 24.1. The second kappa shape index (κ2) is 28.4. The van der Waals surface area contributed by atoms with E-state index in [1.165, 1.54) is 0 Å². The first-order valence-corrected chi connectivity index (χ1v) is 50.7. The largest absolute Gasteiger partial charge is 0.521 e. The lowest BCUT2D eigenvalue weighted by Gasteiger charge is -2.54. The zero-order chi connectivity index (χ0) is 66.6. The van der Waals surface area contributed by atoms with Crippen LogP contribution in [0.5, 0.6) is 0 Å². The number of rotatable bonds is 14. The Kier molecular flexibility index (Phi) is 19.3. The fraction of sp³-hybridized carbons (Fsp3) is 0.0411. The van der Waals surface area contributed by atoms with Gasteiger partial charge in [-0.3, -0.25) is 0 Å². The van der Waals surface area contributed by atoms with Crippen molar-refractivity contribution in [3.63, 3.8) is 0 Å².